The fraction of sp³-hybridized carbons (Fsp3) is 0.600. The van der Waals surface area contributed by atoms with Crippen molar-refractivity contribution in [3.8, 4) is 0 Å². The van der Waals surface area contributed by atoms with Gasteiger partial charge in [-0.2, -0.15) is 0 Å². The highest BCUT2D eigenvalue weighted by molar-refractivity contribution is 5.93. The molecule has 1 aromatic rings. The molecule has 5 rings (SSSR count). The number of amides is 1. The lowest BCUT2D eigenvalue weighted by molar-refractivity contribution is -0.0312. The summed E-state index contributed by atoms with van der Waals surface area (Å²) in [6.07, 6.45) is 15.4. The summed E-state index contributed by atoms with van der Waals surface area (Å²) >= 11 is 0. The van der Waals surface area contributed by atoms with Gasteiger partial charge in [0.15, 0.2) is 0 Å². The minimum absolute atomic E-state index is 0.0859. The molecule has 0 unspecified atom stereocenters. The first-order valence-corrected chi connectivity index (χ1v) is 11.5. The number of fused-ring (bicyclic) bond motifs is 5. The van der Waals surface area contributed by atoms with Gasteiger partial charge in [0.25, 0.3) is 5.91 Å². The Kier molecular flexibility index (Phi) is 4.77. The quantitative estimate of drug-likeness (QED) is 0.520. The Labute approximate surface area is 179 Å². The molecule has 0 bridgehead atoms. The Balaban J connectivity index is 1.31. The van der Waals surface area contributed by atoms with E-state index in [1.54, 1.807) is 24.5 Å². The van der Waals surface area contributed by atoms with Crippen LogP contribution in [0.2, 0.25) is 0 Å². The minimum Gasteiger partial charge on any atom is -0.393 e. The van der Waals surface area contributed by atoms with Crippen LogP contribution >= 0.6 is 0 Å². The zero-order valence-corrected chi connectivity index (χ0v) is 18.0. The largest absolute Gasteiger partial charge is 0.393 e. The van der Waals surface area contributed by atoms with Gasteiger partial charge in [-0.25, -0.2) is 0 Å². The molecule has 0 radical (unpaired) electrons. The standard InChI is InChI=1S/C25H33N3O2/c1-24-11-7-18(29)15-17(24)3-4-19-20-5-6-22(25(20,2)12-8-21(19)24)27-28-23(30)16-9-13-26-14-10-16/h3,6,9-10,13-14,18-21,27,29H,4-5,7-8,11-12,15H2,1-2H3,(H,28,30)/t18-,19+,20-,21+,24+,25-/m1/s1. The number of hydrazine groups is 1. The maximum atomic E-state index is 12.5. The molecule has 1 aromatic heterocycles. The molecule has 4 aliphatic carbocycles. The second-order valence-corrected chi connectivity index (χ2v) is 10.3. The minimum atomic E-state index is -0.150. The molecule has 0 aliphatic heterocycles. The van der Waals surface area contributed by atoms with Crippen LogP contribution in [0.3, 0.4) is 0 Å². The SMILES string of the molecule is C[C@@]12CC[C@H]3[C@@H](CC=C4C[C@H](O)CC[C@@]43C)[C@H]1CC=C2NNC(=O)c1ccncc1. The molecule has 160 valence electrons. The lowest BCUT2D eigenvalue weighted by atomic mass is 9.48. The van der Waals surface area contributed by atoms with E-state index in [0.717, 1.165) is 38.5 Å². The molecule has 5 heteroatoms. The number of rotatable bonds is 3. The van der Waals surface area contributed by atoms with E-state index in [1.807, 2.05) is 0 Å². The molecule has 3 N–H and O–H groups in total. The first kappa shape index (κ1) is 19.8. The average molecular weight is 408 g/mol. The maximum Gasteiger partial charge on any atom is 0.269 e. The zero-order valence-electron chi connectivity index (χ0n) is 18.0. The number of allylic oxidation sites excluding steroid dienone is 3. The Morgan fingerprint density at radius 1 is 1.07 bits per heavy atom. The third kappa shape index (κ3) is 3.01. The Hall–Kier alpha value is -2.14. The van der Waals surface area contributed by atoms with Crippen molar-refractivity contribution in [1.29, 1.82) is 0 Å². The highest BCUT2D eigenvalue weighted by atomic mass is 16.3. The van der Waals surface area contributed by atoms with Crippen LogP contribution in [0.25, 0.3) is 0 Å². The highest BCUT2D eigenvalue weighted by Crippen LogP contribution is 2.64. The fourth-order valence-corrected chi connectivity index (χ4v) is 7.10. The van der Waals surface area contributed by atoms with E-state index in [1.165, 1.54) is 17.7 Å². The molecular formula is C25H33N3O2. The van der Waals surface area contributed by atoms with Crippen LogP contribution in [0.1, 0.15) is 69.2 Å². The molecular weight excluding hydrogens is 374 g/mol. The second-order valence-electron chi connectivity index (χ2n) is 10.3. The second kappa shape index (κ2) is 7.23. The molecule has 1 amide bonds. The van der Waals surface area contributed by atoms with Crippen molar-refractivity contribution >= 4 is 5.91 Å². The molecule has 0 aromatic carbocycles. The van der Waals surface area contributed by atoms with Crippen LogP contribution in [-0.2, 0) is 0 Å². The maximum absolute atomic E-state index is 12.5. The van der Waals surface area contributed by atoms with E-state index in [-0.39, 0.29) is 22.8 Å². The molecule has 1 heterocycles. The first-order valence-electron chi connectivity index (χ1n) is 11.5. The number of nitrogens with zero attached hydrogens (tertiary/aromatic N) is 1. The monoisotopic (exact) mass is 407 g/mol. The summed E-state index contributed by atoms with van der Waals surface area (Å²) in [4.78, 5) is 16.4. The molecule has 4 aliphatic rings. The Bertz CT molecular complexity index is 895. The van der Waals surface area contributed by atoms with Crippen molar-refractivity contribution in [3.63, 3.8) is 0 Å². The number of aliphatic hydroxyl groups is 1. The number of pyridine rings is 1. The molecule has 5 nitrogen and oxygen atoms in total. The predicted octanol–water partition coefficient (Wildman–Crippen LogP) is 4.13. The lowest BCUT2D eigenvalue weighted by Gasteiger charge is -2.57. The average Bonchev–Trinajstić information content (AvgIpc) is 3.09. The number of aromatic nitrogens is 1. The number of aliphatic hydroxyl groups excluding tert-OH is 1. The predicted molar refractivity (Wildman–Crippen MR) is 116 cm³/mol. The molecule has 6 atom stereocenters. The molecule has 0 spiro atoms. The van der Waals surface area contributed by atoms with Crippen LogP contribution in [0.15, 0.2) is 47.9 Å². The van der Waals surface area contributed by atoms with Crippen LogP contribution < -0.4 is 10.9 Å². The summed E-state index contributed by atoms with van der Waals surface area (Å²) in [5.74, 6) is 1.87. The Morgan fingerprint density at radius 2 is 1.83 bits per heavy atom. The zero-order chi connectivity index (χ0) is 20.9. The van der Waals surface area contributed by atoms with Crippen molar-refractivity contribution in [2.45, 2.75) is 64.9 Å². The summed E-state index contributed by atoms with van der Waals surface area (Å²) in [7, 11) is 0. The summed E-state index contributed by atoms with van der Waals surface area (Å²) in [5.41, 5.74) is 9.83. The molecule has 2 fully saturated rings. The first-order chi connectivity index (χ1) is 14.4. The summed E-state index contributed by atoms with van der Waals surface area (Å²) in [6, 6.07) is 3.45. The van der Waals surface area contributed by atoms with Gasteiger partial charge < -0.3 is 10.5 Å². The molecule has 2 saturated carbocycles. The van der Waals surface area contributed by atoms with Crippen molar-refractivity contribution < 1.29 is 9.90 Å². The van der Waals surface area contributed by atoms with Gasteiger partial charge in [-0.3, -0.25) is 15.2 Å². The number of carbonyl (C=O) groups excluding carboxylic acids is 1. The summed E-state index contributed by atoms with van der Waals surface area (Å²) in [6.45, 7) is 4.84. The molecule has 0 saturated heterocycles. The van der Waals surface area contributed by atoms with Crippen LogP contribution in [-0.4, -0.2) is 22.1 Å². The van der Waals surface area contributed by atoms with Gasteiger partial charge in [-0.05, 0) is 80.2 Å². The fourth-order valence-electron chi connectivity index (χ4n) is 7.10. The van der Waals surface area contributed by atoms with Gasteiger partial charge >= 0.3 is 0 Å². The van der Waals surface area contributed by atoms with Gasteiger partial charge in [-0.1, -0.05) is 31.6 Å². The van der Waals surface area contributed by atoms with E-state index in [2.05, 4.69) is 41.8 Å². The number of carbonyl (C=O) groups is 1. The Morgan fingerprint density at radius 3 is 2.63 bits per heavy atom. The van der Waals surface area contributed by atoms with Crippen LogP contribution in [0, 0.1) is 28.6 Å². The van der Waals surface area contributed by atoms with Crippen LogP contribution in [0.4, 0.5) is 0 Å². The third-order valence-electron chi connectivity index (χ3n) is 8.91. The van der Waals surface area contributed by atoms with Gasteiger partial charge in [0, 0.05) is 29.1 Å². The van der Waals surface area contributed by atoms with Crippen molar-refractivity contribution in [2.24, 2.45) is 28.6 Å². The lowest BCUT2D eigenvalue weighted by Crippen LogP contribution is -2.51. The third-order valence-corrected chi connectivity index (χ3v) is 8.91. The van der Waals surface area contributed by atoms with E-state index in [0.29, 0.717) is 23.3 Å². The topological polar surface area (TPSA) is 74.2 Å². The number of hydrogen-bond acceptors (Lipinski definition) is 4. The number of nitrogens with one attached hydrogen (secondary N) is 2. The number of hydrogen-bond donors (Lipinski definition) is 3. The summed E-state index contributed by atoms with van der Waals surface area (Å²) < 4.78 is 0. The van der Waals surface area contributed by atoms with E-state index in [4.69, 9.17) is 0 Å². The normalized spacial score (nSPS) is 39.7. The van der Waals surface area contributed by atoms with Crippen molar-refractivity contribution in [1.82, 2.24) is 15.8 Å². The van der Waals surface area contributed by atoms with E-state index < -0.39 is 0 Å². The summed E-state index contributed by atoms with van der Waals surface area (Å²) in [5, 5.41) is 10.2. The highest BCUT2D eigenvalue weighted by Gasteiger charge is 2.56. The van der Waals surface area contributed by atoms with E-state index in [9.17, 15) is 9.90 Å². The van der Waals surface area contributed by atoms with Gasteiger partial charge in [0.05, 0.1) is 6.10 Å². The molecule has 30 heavy (non-hydrogen) atoms. The van der Waals surface area contributed by atoms with Gasteiger partial charge in [0.2, 0.25) is 0 Å². The van der Waals surface area contributed by atoms with Crippen molar-refractivity contribution in [3.05, 3.63) is 53.5 Å². The smallest absolute Gasteiger partial charge is 0.269 e. The van der Waals surface area contributed by atoms with Crippen molar-refractivity contribution in [2.75, 3.05) is 0 Å². The van der Waals surface area contributed by atoms with Gasteiger partial charge in [0.1, 0.15) is 0 Å². The van der Waals surface area contributed by atoms with Crippen LogP contribution in [0.5, 0.6) is 0 Å². The van der Waals surface area contributed by atoms with E-state index >= 15 is 0 Å². The van der Waals surface area contributed by atoms with Gasteiger partial charge in [-0.15, -0.1) is 0 Å².